The van der Waals surface area contributed by atoms with Crippen LogP contribution in [0.2, 0.25) is 5.02 Å². The Morgan fingerprint density at radius 2 is 1.86 bits per heavy atom. The van der Waals surface area contributed by atoms with E-state index in [1.165, 1.54) is 10.9 Å². The fraction of sp³-hybridized carbons (Fsp3) is 0.387. The molecule has 12 heteroatoms. The first-order valence-electron chi connectivity index (χ1n) is 14.2. The van der Waals surface area contributed by atoms with Crippen LogP contribution >= 0.6 is 11.6 Å². The number of carboxylic acids is 1. The molecule has 1 amide bonds. The van der Waals surface area contributed by atoms with Gasteiger partial charge in [0, 0.05) is 18.1 Å². The molecule has 5 rings (SSSR count). The summed E-state index contributed by atoms with van der Waals surface area (Å²) in [4.78, 5) is 48.9. The number of hydrogen-bond acceptors (Lipinski definition) is 7. The van der Waals surface area contributed by atoms with Gasteiger partial charge < -0.3 is 20.1 Å². The number of aromatic nitrogens is 4. The lowest BCUT2D eigenvalue weighted by Crippen LogP contribution is -2.47. The minimum Gasteiger partial charge on any atom is -0.480 e. The van der Waals surface area contributed by atoms with Crippen LogP contribution in [0.15, 0.2) is 65.8 Å². The van der Waals surface area contributed by atoms with E-state index in [2.05, 4.69) is 20.2 Å². The summed E-state index contributed by atoms with van der Waals surface area (Å²) in [5, 5.41) is 12.9. The van der Waals surface area contributed by atoms with Crippen LogP contribution in [-0.4, -0.2) is 60.8 Å². The highest BCUT2D eigenvalue weighted by Gasteiger charge is 2.33. The first-order valence-corrected chi connectivity index (χ1v) is 14.6. The number of halogens is 1. The van der Waals surface area contributed by atoms with Gasteiger partial charge in [0.2, 0.25) is 0 Å². The number of amides is 1. The second-order valence-electron chi connectivity index (χ2n) is 12.0. The average Bonchev–Trinajstić information content (AvgIpc) is 3.59. The van der Waals surface area contributed by atoms with Gasteiger partial charge in [-0.2, -0.15) is 0 Å². The number of carboxylic acid groups (broad SMARTS) is 1. The van der Waals surface area contributed by atoms with Gasteiger partial charge in [-0.05, 0) is 87.4 Å². The number of fused-ring (bicyclic) bond motifs is 1. The molecule has 1 fully saturated rings. The van der Waals surface area contributed by atoms with Crippen LogP contribution in [-0.2, 0) is 9.53 Å². The molecular formula is C31H35ClN6O5. The Hall–Kier alpha value is -4.38. The van der Waals surface area contributed by atoms with E-state index in [1.807, 2.05) is 37.3 Å². The maximum atomic E-state index is 13.5. The van der Waals surface area contributed by atoms with E-state index in [0.29, 0.717) is 35.0 Å². The van der Waals surface area contributed by atoms with Gasteiger partial charge >= 0.3 is 17.8 Å². The van der Waals surface area contributed by atoms with E-state index >= 15 is 0 Å². The smallest absolute Gasteiger partial charge is 0.408 e. The van der Waals surface area contributed by atoms with Crippen molar-refractivity contribution < 1.29 is 19.4 Å². The van der Waals surface area contributed by atoms with E-state index in [-0.39, 0.29) is 17.5 Å². The molecule has 4 heterocycles. The summed E-state index contributed by atoms with van der Waals surface area (Å²) in [5.74, 6) is -0.391. The van der Waals surface area contributed by atoms with Gasteiger partial charge in [0.15, 0.2) is 0 Å². The van der Waals surface area contributed by atoms with Crippen molar-refractivity contribution in [3.63, 3.8) is 0 Å². The zero-order chi connectivity index (χ0) is 30.9. The molecule has 43 heavy (non-hydrogen) atoms. The summed E-state index contributed by atoms with van der Waals surface area (Å²) in [5.41, 5.74) is 1.71. The van der Waals surface area contributed by atoms with Crippen molar-refractivity contribution in [2.45, 2.75) is 52.2 Å². The second-order valence-corrected chi connectivity index (χ2v) is 12.4. The predicted molar refractivity (Wildman–Crippen MR) is 164 cm³/mol. The lowest BCUT2D eigenvalue weighted by molar-refractivity contribution is -0.141. The molecule has 0 saturated carbocycles. The van der Waals surface area contributed by atoms with Crippen LogP contribution < -0.4 is 15.9 Å². The molecule has 226 valence electrons. The Bertz CT molecular complexity index is 1680. The average molecular weight is 607 g/mol. The zero-order valence-corrected chi connectivity index (χ0v) is 25.3. The van der Waals surface area contributed by atoms with E-state index in [1.54, 1.807) is 49.6 Å². The molecule has 4 aromatic rings. The number of ether oxygens (including phenoxy) is 1. The molecule has 2 N–H and O–H groups in total. The van der Waals surface area contributed by atoms with Crippen LogP contribution in [0.3, 0.4) is 0 Å². The van der Waals surface area contributed by atoms with Crippen molar-refractivity contribution in [1.82, 2.24) is 24.3 Å². The summed E-state index contributed by atoms with van der Waals surface area (Å²) in [6.07, 6.45) is 3.90. The molecule has 0 spiro atoms. The monoisotopic (exact) mass is 606 g/mol. The largest absolute Gasteiger partial charge is 0.480 e. The van der Waals surface area contributed by atoms with Gasteiger partial charge in [-0.15, -0.1) is 0 Å². The Balaban J connectivity index is 1.26. The van der Waals surface area contributed by atoms with Gasteiger partial charge in [0.25, 0.3) is 0 Å². The SMILES string of the molecule is CC(C[C@@H]1CCN(c2ccc(-n3cnc4ccc(-c5ccc(Cl)cc5)n4c3=O)cn2)C1)C(NC(=O)OC(C)(C)C)C(=O)O. The van der Waals surface area contributed by atoms with Crippen molar-refractivity contribution in [3.05, 3.63) is 76.6 Å². The number of carbonyl (C=O) groups is 2. The highest BCUT2D eigenvalue weighted by molar-refractivity contribution is 6.30. The van der Waals surface area contributed by atoms with Crippen molar-refractivity contribution in [3.8, 4) is 16.9 Å². The molecule has 1 aliphatic rings. The fourth-order valence-electron chi connectivity index (χ4n) is 5.51. The van der Waals surface area contributed by atoms with Crippen molar-refractivity contribution in [2.24, 2.45) is 11.8 Å². The summed E-state index contributed by atoms with van der Waals surface area (Å²) in [6.45, 7) is 8.49. The Morgan fingerprint density at radius 1 is 1.12 bits per heavy atom. The molecule has 0 radical (unpaired) electrons. The number of alkyl carbamates (subject to hydrolysis) is 1. The van der Waals surface area contributed by atoms with Gasteiger partial charge in [0.05, 0.1) is 17.6 Å². The summed E-state index contributed by atoms with van der Waals surface area (Å²) in [7, 11) is 0. The van der Waals surface area contributed by atoms with Gasteiger partial charge in [-0.3, -0.25) is 4.57 Å². The number of nitrogens with one attached hydrogen (secondary N) is 1. The number of aliphatic carboxylic acids is 1. The molecule has 0 aliphatic carbocycles. The first kappa shape index (κ1) is 30.1. The number of benzene rings is 1. The highest BCUT2D eigenvalue weighted by atomic mass is 35.5. The van der Waals surface area contributed by atoms with Crippen LogP contribution in [0.1, 0.15) is 40.5 Å². The molecular weight excluding hydrogens is 572 g/mol. The summed E-state index contributed by atoms with van der Waals surface area (Å²) < 4.78 is 8.27. The molecule has 1 aromatic carbocycles. The first-order chi connectivity index (χ1) is 20.4. The third-order valence-corrected chi connectivity index (χ3v) is 7.79. The quantitative estimate of drug-likeness (QED) is 0.285. The number of carbonyl (C=O) groups excluding carboxylic acids is 1. The van der Waals surface area contributed by atoms with Gasteiger partial charge in [-0.25, -0.2) is 28.8 Å². The standard InChI is InChI=1S/C31H35ClN6O5/c1-19(27(28(39)40)35-29(41)43-31(2,3)4)15-20-13-14-36(17-20)25-11-9-23(16-33-25)37-18-34-26-12-10-24(38(26)30(37)42)21-5-7-22(32)8-6-21/h5-12,16,18-20,27H,13-15,17H2,1-4H3,(H,35,41)(H,39,40)/t19?,20-,27?/m0/s1. The molecule has 1 saturated heterocycles. The second kappa shape index (κ2) is 12.1. The van der Waals surface area contributed by atoms with Gasteiger partial charge in [-0.1, -0.05) is 30.7 Å². The minimum atomic E-state index is -1.09. The maximum absolute atomic E-state index is 13.5. The highest BCUT2D eigenvalue weighted by Crippen LogP contribution is 2.29. The lowest BCUT2D eigenvalue weighted by atomic mass is 9.89. The molecule has 11 nitrogen and oxygen atoms in total. The lowest BCUT2D eigenvalue weighted by Gasteiger charge is -2.26. The van der Waals surface area contributed by atoms with Crippen molar-refractivity contribution >= 4 is 35.1 Å². The summed E-state index contributed by atoms with van der Waals surface area (Å²) >= 11 is 6.04. The number of anilines is 1. The Labute approximate surface area is 254 Å². The zero-order valence-electron chi connectivity index (χ0n) is 24.5. The third kappa shape index (κ3) is 6.83. The Morgan fingerprint density at radius 3 is 2.51 bits per heavy atom. The number of nitrogens with zero attached hydrogens (tertiary/aromatic N) is 5. The molecule has 0 bridgehead atoms. The van der Waals surface area contributed by atoms with E-state index in [0.717, 1.165) is 24.3 Å². The third-order valence-electron chi connectivity index (χ3n) is 7.54. The summed E-state index contributed by atoms with van der Waals surface area (Å²) in [6, 6.07) is 13.6. The van der Waals surface area contributed by atoms with Gasteiger partial charge in [0.1, 0.15) is 29.4 Å². The van der Waals surface area contributed by atoms with Crippen LogP contribution in [0.25, 0.3) is 22.6 Å². The minimum absolute atomic E-state index is 0.230. The molecule has 3 aromatic heterocycles. The molecule has 3 atom stereocenters. The number of hydrogen-bond donors (Lipinski definition) is 2. The van der Waals surface area contributed by atoms with Crippen LogP contribution in [0, 0.1) is 11.8 Å². The number of pyridine rings is 1. The van der Waals surface area contributed by atoms with Crippen LogP contribution in [0.4, 0.5) is 10.6 Å². The normalized spacial score (nSPS) is 16.7. The fourth-order valence-corrected chi connectivity index (χ4v) is 5.64. The number of rotatable bonds is 8. The predicted octanol–water partition coefficient (Wildman–Crippen LogP) is 5.03. The van der Waals surface area contributed by atoms with E-state index < -0.39 is 23.7 Å². The molecule has 1 aliphatic heterocycles. The van der Waals surface area contributed by atoms with Crippen LogP contribution in [0.5, 0.6) is 0 Å². The van der Waals surface area contributed by atoms with Crippen molar-refractivity contribution in [2.75, 3.05) is 18.0 Å². The Kier molecular flexibility index (Phi) is 8.45. The van der Waals surface area contributed by atoms with E-state index in [9.17, 15) is 19.5 Å². The molecule has 2 unspecified atom stereocenters. The maximum Gasteiger partial charge on any atom is 0.408 e. The van der Waals surface area contributed by atoms with E-state index in [4.69, 9.17) is 16.3 Å². The van der Waals surface area contributed by atoms with Crippen molar-refractivity contribution in [1.29, 1.82) is 0 Å². The topological polar surface area (TPSA) is 131 Å².